The summed E-state index contributed by atoms with van der Waals surface area (Å²) in [6, 6.07) is 11.4. The highest BCUT2D eigenvalue weighted by Crippen LogP contribution is 2.47. The third-order valence-electron chi connectivity index (χ3n) is 8.34. The van der Waals surface area contributed by atoms with Gasteiger partial charge in [-0.15, -0.1) is 0 Å². The molecule has 7 rings (SSSR count). The van der Waals surface area contributed by atoms with Gasteiger partial charge in [-0.2, -0.15) is 4.98 Å². The molecule has 4 aromatic rings. The molecule has 2 atom stereocenters. The molecule has 11 heteroatoms. The van der Waals surface area contributed by atoms with E-state index in [0.717, 1.165) is 55.4 Å². The number of hydrogen-bond donors (Lipinski definition) is 1. The minimum absolute atomic E-state index is 0.0533. The average Bonchev–Trinajstić information content (AvgIpc) is 3.41. The van der Waals surface area contributed by atoms with Gasteiger partial charge in [0.05, 0.1) is 28.3 Å². The number of aryl methyl sites for hydroxylation is 1. The van der Waals surface area contributed by atoms with E-state index in [1.54, 1.807) is 24.3 Å². The summed E-state index contributed by atoms with van der Waals surface area (Å²) >= 11 is 13.0. The van der Waals surface area contributed by atoms with Crippen LogP contribution >= 0.6 is 23.2 Å². The molecule has 9 nitrogen and oxygen atoms in total. The van der Waals surface area contributed by atoms with Crippen LogP contribution in [0.5, 0.6) is 0 Å². The van der Waals surface area contributed by atoms with E-state index in [0.29, 0.717) is 51.2 Å². The number of carboxylic acid groups (broad SMARTS) is 1. The maximum Gasteiger partial charge on any atom is 0.335 e. The monoisotopic (exact) mass is 594 g/mol. The van der Waals surface area contributed by atoms with Gasteiger partial charge in [-0.3, -0.25) is 0 Å². The normalized spacial score (nSPS) is 21.9. The van der Waals surface area contributed by atoms with Crippen molar-refractivity contribution < 1.29 is 23.7 Å². The van der Waals surface area contributed by atoms with Gasteiger partial charge in [-0.05, 0) is 81.3 Å². The van der Waals surface area contributed by atoms with Crippen LogP contribution < -0.4 is 4.90 Å². The van der Waals surface area contributed by atoms with E-state index < -0.39 is 5.97 Å². The Morgan fingerprint density at radius 1 is 1.05 bits per heavy atom. The number of aromatic carboxylic acids is 1. The van der Waals surface area contributed by atoms with Crippen molar-refractivity contribution in [2.24, 2.45) is 0 Å². The zero-order valence-electron chi connectivity index (χ0n) is 22.3. The van der Waals surface area contributed by atoms with Crippen LogP contribution in [0.3, 0.4) is 0 Å². The number of aromatic nitrogens is 3. The largest absolute Gasteiger partial charge is 0.478 e. The number of fused-ring (bicyclic) bond motifs is 2. The number of anilines is 1. The number of halogens is 2. The van der Waals surface area contributed by atoms with Crippen molar-refractivity contribution in [1.29, 1.82) is 0 Å². The number of piperidine rings is 1. The van der Waals surface area contributed by atoms with Crippen LogP contribution in [0.1, 0.15) is 71.7 Å². The molecular formula is C30H28Cl2N4O5. The van der Waals surface area contributed by atoms with Gasteiger partial charge in [0, 0.05) is 34.7 Å². The van der Waals surface area contributed by atoms with E-state index >= 15 is 0 Å². The number of carboxylic acids is 1. The molecule has 0 amide bonds. The van der Waals surface area contributed by atoms with Gasteiger partial charge in [0.1, 0.15) is 11.5 Å². The van der Waals surface area contributed by atoms with Crippen LogP contribution in [0.15, 0.2) is 45.4 Å². The molecule has 1 N–H and O–H groups in total. The van der Waals surface area contributed by atoms with Crippen molar-refractivity contribution in [3.8, 4) is 22.6 Å². The van der Waals surface area contributed by atoms with Gasteiger partial charge in [-0.1, -0.05) is 39.6 Å². The van der Waals surface area contributed by atoms with Crippen LogP contribution in [0.2, 0.25) is 10.0 Å². The second kappa shape index (κ2) is 10.5. The molecule has 1 aliphatic carbocycles. The maximum absolute atomic E-state index is 11.5. The first-order chi connectivity index (χ1) is 19.9. The highest BCUT2D eigenvalue weighted by Gasteiger charge is 2.44. The van der Waals surface area contributed by atoms with E-state index in [1.807, 2.05) is 19.1 Å². The van der Waals surface area contributed by atoms with Gasteiger partial charge in [0.2, 0.25) is 5.82 Å². The van der Waals surface area contributed by atoms with Crippen molar-refractivity contribution in [2.45, 2.75) is 76.2 Å². The van der Waals surface area contributed by atoms with Crippen molar-refractivity contribution in [1.82, 2.24) is 15.3 Å². The highest BCUT2D eigenvalue weighted by atomic mass is 35.5. The summed E-state index contributed by atoms with van der Waals surface area (Å²) in [6.45, 7) is 2.22. The third kappa shape index (κ3) is 5.00. The first-order valence-electron chi connectivity index (χ1n) is 13.9. The number of hydrogen-bond acceptors (Lipinski definition) is 8. The van der Waals surface area contributed by atoms with Crippen molar-refractivity contribution in [3.63, 3.8) is 0 Å². The fourth-order valence-electron chi connectivity index (χ4n) is 6.30. The van der Waals surface area contributed by atoms with E-state index in [1.165, 1.54) is 0 Å². The molecule has 2 aliphatic heterocycles. The lowest BCUT2D eigenvalue weighted by molar-refractivity contribution is 0.0138. The van der Waals surface area contributed by atoms with E-state index in [4.69, 9.17) is 37.0 Å². The smallest absolute Gasteiger partial charge is 0.335 e. The lowest BCUT2D eigenvalue weighted by Gasteiger charge is -2.37. The Balaban J connectivity index is 1.08. The molecule has 2 saturated heterocycles. The third-order valence-corrected chi connectivity index (χ3v) is 8.97. The molecule has 212 valence electrons. The number of ether oxygens (including phenoxy) is 1. The summed E-state index contributed by atoms with van der Waals surface area (Å²) in [5.41, 5.74) is 3.90. The zero-order valence-corrected chi connectivity index (χ0v) is 23.9. The summed E-state index contributed by atoms with van der Waals surface area (Å²) in [5.74, 6) is 0.629. The van der Waals surface area contributed by atoms with Gasteiger partial charge in [-0.25, -0.2) is 4.79 Å². The predicted octanol–water partition coefficient (Wildman–Crippen LogP) is 7.30. The topological polar surface area (TPSA) is 115 Å². The Hall–Kier alpha value is -3.40. The second-order valence-corrected chi connectivity index (χ2v) is 12.0. The molecule has 3 fully saturated rings. The molecule has 2 aromatic carbocycles. The minimum Gasteiger partial charge on any atom is -0.478 e. The summed E-state index contributed by atoms with van der Waals surface area (Å²) in [4.78, 5) is 18.4. The number of carbonyl (C=O) groups is 1. The van der Waals surface area contributed by atoms with Crippen LogP contribution in [0.4, 0.5) is 6.01 Å². The Labute approximate surface area is 246 Å². The summed E-state index contributed by atoms with van der Waals surface area (Å²) < 4.78 is 18.0. The predicted molar refractivity (Wildman–Crippen MR) is 152 cm³/mol. The highest BCUT2D eigenvalue weighted by molar-refractivity contribution is 6.39. The summed E-state index contributed by atoms with van der Waals surface area (Å²) in [7, 11) is 0. The molecule has 4 heterocycles. The molecule has 0 spiro atoms. The van der Waals surface area contributed by atoms with Gasteiger partial charge >= 0.3 is 12.0 Å². The van der Waals surface area contributed by atoms with Crippen LogP contribution in [-0.4, -0.2) is 44.6 Å². The zero-order chi connectivity index (χ0) is 28.2. The Morgan fingerprint density at radius 3 is 2.46 bits per heavy atom. The summed E-state index contributed by atoms with van der Waals surface area (Å²) in [6.07, 6.45) is 5.88. The Morgan fingerprint density at radius 2 is 1.78 bits per heavy atom. The lowest BCUT2D eigenvalue weighted by atomic mass is 9.99. The first kappa shape index (κ1) is 26.5. The van der Waals surface area contributed by atoms with Crippen LogP contribution in [0.25, 0.3) is 22.6 Å². The quantitative estimate of drug-likeness (QED) is 0.224. The molecule has 2 unspecified atom stereocenters. The van der Waals surface area contributed by atoms with Gasteiger partial charge in [0.15, 0.2) is 0 Å². The molecule has 2 aromatic heterocycles. The number of benzene rings is 2. The Kier molecular flexibility index (Phi) is 6.76. The van der Waals surface area contributed by atoms with Gasteiger partial charge < -0.3 is 23.8 Å². The average molecular weight is 595 g/mol. The van der Waals surface area contributed by atoms with E-state index in [-0.39, 0.29) is 23.8 Å². The molecule has 1 saturated carbocycles. The van der Waals surface area contributed by atoms with Crippen molar-refractivity contribution in [2.75, 3.05) is 4.90 Å². The summed E-state index contributed by atoms with van der Waals surface area (Å²) in [5, 5.41) is 19.1. The lowest BCUT2D eigenvalue weighted by Crippen LogP contribution is -2.45. The van der Waals surface area contributed by atoms with Crippen LogP contribution in [-0.2, 0) is 11.3 Å². The molecule has 2 bridgehead atoms. The second-order valence-electron chi connectivity index (χ2n) is 11.2. The van der Waals surface area contributed by atoms with E-state index in [2.05, 4.69) is 20.2 Å². The Bertz CT molecular complexity index is 1600. The van der Waals surface area contributed by atoms with Crippen LogP contribution in [0, 0.1) is 6.92 Å². The van der Waals surface area contributed by atoms with Crippen molar-refractivity contribution in [3.05, 3.63) is 68.9 Å². The molecule has 0 radical (unpaired) electrons. The maximum atomic E-state index is 11.5. The first-order valence-corrected chi connectivity index (χ1v) is 14.6. The van der Waals surface area contributed by atoms with Gasteiger partial charge in [0.25, 0.3) is 0 Å². The van der Waals surface area contributed by atoms with Crippen molar-refractivity contribution >= 4 is 35.2 Å². The molecule has 3 aliphatic rings. The number of rotatable bonds is 8. The van der Waals surface area contributed by atoms with E-state index in [9.17, 15) is 9.90 Å². The molecule has 41 heavy (non-hydrogen) atoms. The molecular weight excluding hydrogens is 567 g/mol. The minimum atomic E-state index is -0.990. The SMILES string of the molecule is Cc1cc(C(=O)O)cc(-c2noc(N3C4CCC3CC(OCc3c(-c5c(Cl)cccc5Cl)noc3C3CC3)C4)n2)c1. The standard InChI is InChI=1S/C30H28Cl2N4O5/c1-15-9-17(11-18(10-15)29(37)38)28-33-30(41-35-28)36-19-7-8-20(36)13-21(12-19)39-14-22-26(34-40-27(22)16-5-6-16)25-23(31)3-2-4-24(25)32/h2-4,9-11,16,19-21H,5-8,12-14H2,1H3,(H,37,38). The fraction of sp³-hybridized carbons (Fsp3) is 0.400. The number of nitrogens with zero attached hydrogens (tertiary/aromatic N) is 4. The fourth-order valence-corrected chi connectivity index (χ4v) is 6.87.